The van der Waals surface area contributed by atoms with Gasteiger partial charge in [-0.1, -0.05) is 80.9 Å². The number of hydrogen-bond donors (Lipinski definition) is 0. The average molecular weight is 707 g/mol. The summed E-state index contributed by atoms with van der Waals surface area (Å²) in [5.74, 6) is -3.90. The molecule has 4 aromatic rings. The van der Waals surface area contributed by atoms with Crippen LogP contribution in [0.5, 0.6) is 0 Å². The first-order chi connectivity index (χ1) is 28.2. The van der Waals surface area contributed by atoms with E-state index in [1.165, 1.54) is 24.3 Å². The number of fused-ring (bicyclic) bond motifs is 1. The Bertz CT molecular complexity index is 2390. The fourth-order valence-electron chi connectivity index (χ4n) is 5.13. The van der Waals surface area contributed by atoms with E-state index in [2.05, 4.69) is 4.98 Å². The van der Waals surface area contributed by atoms with Gasteiger partial charge in [0, 0.05) is 43.5 Å². The van der Waals surface area contributed by atoms with E-state index in [1.54, 1.807) is 0 Å². The molecule has 1 aromatic heterocycles. The molecule has 0 radical (unpaired) electrons. The van der Waals surface area contributed by atoms with Gasteiger partial charge in [-0.05, 0) is 84.6 Å². The molecule has 1 aliphatic carbocycles. The predicted octanol–water partition coefficient (Wildman–Crippen LogP) is 7.77. The first-order valence-electron chi connectivity index (χ1n) is 21.5. The summed E-state index contributed by atoms with van der Waals surface area (Å²) >= 11 is 0.869. The zero-order valence-electron chi connectivity index (χ0n) is 39.3. The minimum atomic E-state index is -5.10. The molecule has 260 valence electrons. The average Bonchev–Trinajstić information content (AvgIpc) is 3.29. The number of amides is 1. The number of nitrogens with zero attached hydrogens (tertiary/aromatic N) is 4. The van der Waals surface area contributed by atoms with Crippen molar-refractivity contribution in [1.29, 1.82) is 0 Å². The van der Waals surface area contributed by atoms with Crippen LogP contribution in [-0.4, -0.2) is 51.4 Å². The number of benzene rings is 3. The van der Waals surface area contributed by atoms with Gasteiger partial charge in [-0.2, -0.15) is 18.2 Å². The summed E-state index contributed by atoms with van der Waals surface area (Å²) in [6, 6.07) is -1.25. The second kappa shape index (κ2) is 15.7. The predicted molar refractivity (Wildman–Crippen MR) is 186 cm³/mol. The minimum absolute atomic E-state index is 0.0367. The Morgan fingerprint density at radius 2 is 1.71 bits per heavy atom. The normalized spacial score (nSPS) is 21.4. The second-order valence-corrected chi connectivity index (χ2v) is 12.2. The van der Waals surface area contributed by atoms with Crippen molar-refractivity contribution in [3.05, 3.63) is 116 Å². The van der Waals surface area contributed by atoms with Crippen molar-refractivity contribution in [1.82, 2.24) is 19.4 Å². The van der Waals surface area contributed by atoms with Gasteiger partial charge in [-0.15, -0.1) is 0 Å². The van der Waals surface area contributed by atoms with Crippen LogP contribution in [0.25, 0.3) is 11.1 Å². The Hall–Kier alpha value is -3.96. The third-order valence-electron chi connectivity index (χ3n) is 7.83. The number of aromatic nitrogens is 2. The Morgan fingerprint density at radius 3 is 2.37 bits per heavy atom. The van der Waals surface area contributed by atoms with Gasteiger partial charge < -0.3 is 14.4 Å². The van der Waals surface area contributed by atoms with Crippen molar-refractivity contribution >= 4 is 17.7 Å². The van der Waals surface area contributed by atoms with Gasteiger partial charge in [-0.3, -0.25) is 9.59 Å². The van der Waals surface area contributed by atoms with Crippen molar-refractivity contribution in [3.8, 4) is 11.1 Å². The molecule has 1 aliphatic rings. The van der Waals surface area contributed by atoms with E-state index >= 15 is 0 Å². The number of hydrogen-bond acceptors (Lipinski definition) is 5. The van der Waals surface area contributed by atoms with Gasteiger partial charge in [0.2, 0.25) is 5.91 Å². The Balaban J connectivity index is 1.66. The summed E-state index contributed by atoms with van der Waals surface area (Å²) in [4.78, 5) is 35.3. The molecule has 49 heavy (non-hydrogen) atoms. The van der Waals surface area contributed by atoms with E-state index in [0.29, 0.717) is 18.7 Å². The summed E-state index contributed by atoms with van der Waals surface area (Å²) in [7, 11) is 0. The van der Waals surface area contributed by atoms with Crippen molar-refractivity contribution < 1.29 is 38.8 Å². The summed E-state index contributed by atoms with van der Waals surface area (Å²) in [6.07, 6.45) is -10.9. The maximum atomic E-state index is 14.6. The molecule has 1 heterocycles. The molecule has 0 aliphatic heterocycles. The van der Waals surface area contributed by atoms with Gasteiger partial charge in [0.05, 0.1) is 15.2 Å². The number of carbonyl (C=O) groups is 1. The molecule has 3 aromatic carbocycles. The third-order valence-corrected chi connectivity index (χ3v) is 8.88. The highest BCUT2D eigenvalue weighted by atomic mass is 32.2. The van der Waals surface area contributed by atoms with Crippen LogP contribution in [-0.2, 0) is 42.6 Å². The number of carbonyl (C=O) groups excluding carboxylic acids is 1. The van der Waals surface area contributed by atoms with Gasteiger partial charge >= 0.3 is 6.18 Å². The largest absolute Gasteiger partial charge is 0.416 e. The van der Waals surface area contributed by atoms with Crippen molar-refractivity contribution in [3.63, 3.8) is 0 Å². The highest BCUT2D eigenvalue weighted by molar-refractivity contribution is 7.98. The Kier molecular flexibility index (Phi) is 7.52. The highest BCUT2D eigenvalue weighted by Crippen LogP contribution is 2.34. The lowest BCUT2D eigenvalue weighted by molar-refractivity contribution is -0.138. The number of halogens is 4. The van der Waals surface area contributed by atoms with E-state index in [0.717, 1.165) is 35.1 Å². The zero-order chi connectivity index (χ0) is 45.9. The summed E-state index contributed by atoms with van der Waals surface area (Å²) < 4.78 is 161. The Morgan fingerprint density at radius 1 is 1.04 bits per heavy atom. The molecule has 0 bridgehead atoms. The van der Waals surface area contributed by atoms with Crippen LogP contribution in [0.3, 0.4) is 0 Å². The van der Waals surface area contributed by atoms with E-state index < -0.39 is 131 Å². The zero-order valence-corrected chi connectivity index (χ0v) is 28.1. The molecule has 1 amide bonds. The smallest absolute Gasteiger partial charge is 0.336 e. The molecule has 11 heteroatoms. The summed E-state index contributed by atoms with van der Waals surface area (Å²) in [6.45, 7) is 5.32. The van der Waals surface area contributed by atoms with Gasteiger partial charge in [0.25, 0.3) is 5.56 Å². The Labute approximate surface area is 306 Å². The van der Waals surface area contributed by atoms with E-state index in [1.807, 2.05) is 18.7 Å². The summed E-state index contributed by atoms with van der Waals surface area (Å²) in [5.41, 5.74) is -6.01. The van der Waals surface area contributed by atoms with Crippen molar-refractivity contribution in [2.45, 2.75) is 70.6 Å². The van der Waals surface area contributed by atoms with Crippen LogP contribution in [0, 0.1) is 18.6 Å². The molecule has 0 fully saturated rings. The maximum Gasteiger partial charge on any atom is 0.416 e. The SMILES string of the molecule is [2H]c1c([2H])c(-c2c([2H])c([2H])c(C(F)(F)F)c(C)c2[2H])c([2H])c([2H])c1CN(CCN(CC)CC)C(=O)Cn1c(SCc2ccc(F)cc2)nc(=O)c2c1C([2H])([2H])C([2H])(C)C2([2H])[2H]. The van der Waals surface area contributed by atoms with Gasteiger partial charge in [0.15, 0.2) is 5.16 Å². The molecule has 6 nitrogen and oxygen atoms in total. The van der Waals surface area contributed by atoms with E-state index in [9.17, 15) is 27.2 Å². The van der Waals surface area contributed by atoms with Gasteiger partial charge in [-0.25, -0.2) is 4.39 Å². The van der Waals surface area contributed by atoms with Crippen molar-refractivity contribution in [2.75, 3.05) is 26.2 Å². The molecule has 0 saturated heterocycles. The lowest BCUT2D eigenvalue weighted by Gasteiger charge is -2.28. The summed E-state index contributed by atoms with van der Waals surface area (Å²) in [5, 5.41) is -0.228. The maximum absolute atomic E-state index is 14.6. The molecular weight excluding hydrogens is 653 g/mol. The minimum Gasteiger partial charge on any atom is -0.336 e. The molecule has 0 spiro atoms. The van der Waals surface area contributed by atoms with Gasteiger partial charge in [0.1, 0.15) is 12.4 Å². The lowest BCUT2D eigenvalue weighted by atomic mass is 9.98. The van der Waals surface area contributed by atoms with E-state index in [4.69, 9.17) is 16.4 Å². The monoisotopic (exact) mass is 706 g/mol. The number of alkyl halides is 3. The van der Waals surface area contributed by atoms with Crippen LogP contribution >= 0.6 is 11.8 Å². The third kappa shape index (κ3) is 8.99. The molecule has 0 saturated carbocycles. The lowest BCUT2D eigenvalue weighted by Crippen LogP contribution is -2.40. The highest BCUT2D eigenvalue weighted by Gasteiger charge is 2.32. The van der Waals surface area contributed by atoms with Crippen LogP contribution in [0.15, 0.2) is 76.5 Å². The number of likely N-dealkylation sites (N-methyl/N-ethyl adjacent to an activating group) is 1. The molecule has 0 N–H and O–H groups in total. The first-order valence-corrected chi connectivity index (χ1v) is 16.5. The number of thioether (sulfide) groups is 1. The quantitative estimate of drug-likeness (QED) is 0.0808. The standard InChI is InChI=1S/C38H42F4N4O2S/c1-5-44(6-2)17-18-45(22-27-7-11-29(12-8-27)30-13-16-33(26(4)21-30)38(40,41)42)35(47)23-46-34-20-25(3)19-32(34)36(48)43-37(46)49-24-28-9-14-31(39)15-10-28/h7-16,21,25H,5-6,17-20,22-24H2,1-4H3/i7D,8D,11D,12D,13D,16D,19D2,20D2,21D,25D. The topological polar surface area (TPSA) is 58.4 Å². The van der Waals surface area contributed by atoms with Crippen LogP contribution < -0.4 is 5.56 Å². The fourth-order valence-corrected chi connectivity index (χ4v) is 6.08. The van der Waals surface area contributed by atoms with Crippen LogP contribution in [0.4, 0.5) is 17.6 Å². The molecular formula is C38H42F4N4O2S. The van der Waals surface area contributed by atoms with Crippen LogP contribution in [0.1, 0.15) is 70.7 Å². The van der Waals surface area contributed by atoms with Crippen molar-refractivity contribution in [2.24, 2.45) is 5.89 Å². The molecule has 1 unspecified atom stereocenters. The first kappa shape index (κ1) is 23.4. The fraction of sp³-hybridized carbons (Fsp3) is 0.395. The molecule has 5 rings (SSSR count). The number of rotatable bonds is 13. The molecule has 1 atom stereocenters. The van der Waals surface area contributed by atoms with E-state index in [-0.39, 0.29) is 29.6 Å². The van der Waals surface area contributed by atoms with Crippen LogP contribution in [0.2, 0.25) is 0 Å². The second-order valence-electron chi connectivity index (χ2n) is 11.2.